The number of carbonyl (C=O) groups excluding carboxylic acids is 2. The van der Waals surface area contributed by atoms with E-state index in [9.17, 15) is 14.0 Å². The molecular formula is C19H17FN2O3. The number of benzene rings is 2. The van der Waals surface area contributed by atoms with Crippen molar-refractivity contribution in [3.05, 3.63) is 71.0 Å². The van der Waals surface area contributed by atoms with Crippen LogP contribution in [0.15, 0.2) is 48.5 Å². The lowest BCUT2D eigenvalue weighted by atomic mass is 10.0. The number of nitrogens with zero attached hydrogens (tertiary/aromatic N) is 1. The molecular weight excluding hydrogens is 323 g/mol. The largest absolute Gasteiger partial charge is 0.467 e. The van der Waals surface area contributed by atoms with Gasteiger partial charge in [0.25, 0.3) is 0 Å². The van der Waals surface area contributed by atoms with Crippen molar-refractivity contribution in [3.63, 3.8) is 0 Å². The Morgan fingerprint density at radius 3 is 2.60 bits per heavy atom. The van der Waals surface area contributed by atoms with Crippen molar-refractivity contribution in [2.24, 2.45) is 0 Å². The number of amides is 1. The molecule has 0 saturated heterocycles. The topological polar surface area (TPSA) is 79.2 Å². The Kier molecular flexibility index (Phi) is 6.24. The van der Waals surface area contributed by atoms with E-state index in [4.69, 9.17) is 10.00 Å². The van der Waals surface area contributed by atoms with Gasteiger partial charge in [0.15, 0.2) is 0 Å². The second-order valence-corrected chi connectivity index (χ2v) is 5.47. The van der Waals surface area contributed by atoms with Crippen molar-refractivity contribution in [1.29, 1.82) is 5.26 Å². The smallest absolute Gasteiger partial charge is 0.328 e. The number of ether oxygens (including phenoxy) is 1. The number of hydrogen-bond acceptors (Lipinski definition) is 4. The molecule has 0 aliphatic rings. The minimum absolute atomic E-state index is 0.0521. The summed E-state index contributed by atoms with van der Waals surface area (Å²) in [5, 5.41) is 11.5. The van der Waals surface area contributed by atoms with E-state index in [1.54, 1.807) is 30.3 Å². The van der Waals surface area contributed by atoms with Crippen LogP contribution in [0.2, 0.25) is 0 Å². The lowest BCUT2D eigenvalue weighted by Gasteiger charge is -2.17. The summed E-state index contributed by atoms with van der Waals surface area (Å²) in [6, 6.07) is 13.6. The second-order valence-electron chi connectivity index (χ2n) is 5.47. The van der Waals surface area contributed by atoms with E-state index < -0.39 is 23.7 Å². The van der Waals surface area contributed by atoms with Crippen LogP contribution in [0.1, 0.15) is 16.7 Å². The number of nitriles is 1. The maximum atomic E-state index is 13.2. The molecule has 0 bridgehead atoms. The van der Waals surface area contributed by atoms with Crippen molar-refractivity contribution in [1.82, 2.24) is 5.32 Å². The molecule has 0 unspecified atom stereocenters. The highest BCUT2D eigenvalue weighted by Crippen LogP contribution is 2.09. The van der Waals surface area contributed by atoms with Crippen LogP contribution in [-0.4, -0.2) is 25.0 Å². The van der Waals surface area contributed by atoms with Gasteiger partial charge in [0.05, 0.1) is 25.2 Å². The number of methoxy groups -OCH3 is 1. The fourth-order valence-electron chi connectivity index (χ4n) is 2.42. The van der Waals surface area contributed by atoms with E-state index in [1.807, 2.05) is 6.07 Å². The normalized spacial score (nSPS) is 11.2. The number of rotatable bonds is 6. The highest BCUT2D eigenvalue weighted by Gasteiger charge is 2.22. The minimum Gasteiger partial charge on any atom is -0.467 e. The lowest BCUT2D eigenvalue weighted by molar-refractivity contribution is -0.145. The monoisotopic (exact) mass is 340 g/mol. The number of halogens is 1. The van der Waals surface area contributed by atoms with Gasteiger partial charge in [-0.15, -0.1) is 0 Å². The first kappa shape index (κ1) is 18.1. The van der Waals surface area contributed by atoms with E-state index in [0.29, 0.717) is 11.1 Å². The summed E-state index contributed by atoms with van der Waals surface area (Å²) in [4.78, 5) is 24.1. The maximum absolute atomic E-state index is 13.2. The van der Waals surface area contributed by atoms with Crippen LogP contribution in [0.5, 0.6) is 0 Å². The molecule has 2 rings (SSSR count). The van der Waals surface area contributed by atoms with E-state index in [0.717, 1.165) is 5.56 Å². The first-order valence-corrected chi connectivity index (χ1v) is 7.62. The standard InChI is InChI=1S/C19H17FN2O3/c1-25-19(24)17(10-13-4-2-6-15(8-13)12-21)22-18(23)11-14-5-3-7-16(20)9-14/h2-9,17H,10-11H2,1H3,(H,22,23)/t17-/m1/s1. The van der Waals surface area contributed by atoms with Gasteiger partial charge in [0.2, 0.25) is 5.91 Å². The van der Waals surface area contributed by atoms with Gasteiger partial charge in [-0.2, -0.15) is 5.26 Å². The van der Waals surface area contributed by atoms with Crippen molar-refractivity contribution in [2.75, 3.05) is 7.11 Å². The first-order valence-electron chi connectivity index (χ1n) is 7.62. The van der Waals surface area contributed by atoms with Crippen LogP contribution >= 0.6 is 0 Å². The molecule has 0 spiro atoms. The van der Waals surface area contributed by atoms with Crippen LogP contribution in [0.4, 0.5) is 4.39 Å². The van der Waals surface area contributed by atoms with Gasteiger partial charge in [0, 0.05) is 6.42 Å². The predicted octanol–water partition coefficient (Wildman–Crippen LogP) is 2.14. The van der Waals surface area contributed by atoms with E-state index >= 15 is 0 Å². The fraction of sp³-hybridized carbons (Fsp3) is 0.211. The summed E-state index contributed by atoms with van der Waals surface area (Å²) in [5.41, 5.74) is 1.69. The van der Waals surface area contributed by atoms with Gasteiger partial charge in [-0.25, -0.2) is 9.18 Å². The molecule has 2 aromatic carbocycles. The highest BCUT2D eigenvalue weighted by atomic mass is 19.1. The summed E-state index contributed by atoms with van der Waals surface area (Å²) in [6.07, 6.45) is 0.139. The zero-order chi connectivity index (χ0) is 18.2. The summed E-state index contributed by atoms with van der Waals surface area (Å²) in [7, 11) is 1.24. The second kappa shape index (κ2) is 8.60. The van der Waals surface area contributed by atoms with Crippen LogP contribution in [0, 0.1) is 17.1 Å². The SMILES string of the molecule is COC(=O)[C@@H](Cc1cccc(C#N)c1)NC(=O)Cc1cccc(F)c1. The Balaban J connectivity index is 2.08. The lowest BCUT2D eigenvalue weighted by Crippen LogP contribution is -2.43. The summed E-state index contributed by atoms with van der Waals surface area (Å²) < 4.78 is 17.9. The molecule has 1 N–H and O–H groups in total. The van der Waals surface area contributed by atoms with E-state index in [1.165, 1.54) is 25.3 Å². The number of hydrogen-bond donors (Lipinski definition) is 1. The molecule has 0 aromatic heterocycles. The molecule has 0 saturated carbocycles. The van der Waals surface area contributed by atoms with Crippen LogP contribution in [0.25, 0.3) is 0 Å². The molecule has 6 heteroatoms. The van der Waals surface area contributed by atoms with E-state index in [-0.39, 0.29) is 12.8 Å². The zero-order valence-electron chi connectivity index (χ0n) is 13.7. The average Bonchev–Trinajstić information content (AvgIpc) is 2.60. The van der Waals surface area contributed by atoms with Gasteiger partial charge >= 0.3 is 5.97 Å². The fourth-order valence-corrected chi connectivity index (χ4v) is 2.42. The Bertz CT molecular complexity index is 814. The third-order valence-corrected chi connectivity index (χ3v) is 3.57. The first-order chi connectivity index (χ1) is 12.0. The molecule has 0 radical (unpaired) electrons. The van der Waals surface area contributed by atoms with Gasteiger partial charge in [-0.3, -0.25) is 4.79 Å². The van der Waals surface area contributed by atoms with Crippen LogP contribution in [0.3, 0.4) is 0 Å². The average molecular weight is 340 g/mol. The number of carbonyl (C=O) groups is 2. The molecule has 5 nitrogen and oxygen atoms in total. The molecule has 0 aliphatic carbocycles. The van der Waals surface area contributed by atoms with Gasteiger partial charge in [-0.05, 0) is 35.4 Å². The molecule has 0 heterocycles. The zero-order valence-corrected chi connectivity index (χ0v) is 13.7. The molecule has 1 atom stereocenters. The van der Waals surface area contributed by atoms with Gasteiger partial charge < -0.3 is 10.1 Å². The quantitative estimate of drug-likeness (QED) is 0.817. The van der Waals surface area contributed by atoms with Crippen LogP contribution < -0.4 is 5.32 Å². The highest BCUT2D eigenvalue weighted by molar-refractivity contribution is 5.85. The van der Waals surface area contributed by atoms with Crippen molar-refractivity contribution >= 4 is 11.9 Å². The van der Waals surface area contributed by atoms with Crippen molar-refractivity contribution in [2.45, 2.75) is 18.9 Å². The number of esters is 1. The molecule has 1 amide bonds. The molecule has 128 valence electrons. The van der Waals surface area contributed by atoms with Crippen molar-refractivity contribution < 1.29 is 18.7 Å². The molecule has 2 aromatic rings. The van der Waals surface area contributed by atoms with Gasteiger partial charge in [0.1, 0.15) is 11.9 Å². The number of nitrogens with one attached hydrogen (secondary N) is 1. The summed E-state index contributed by atoms with van der Waals surface area (Å²) in [6.45, 7) is 0. The van der Waals surface area contributed by atoms with Crippen LogP contribution in [-0.2, 0) is 27.2 Å². The van der Waals surface area contributed by atoms with Gasteiger partial charge in [-0.1, -0.05) is 24.3 Å². The van der Waals surface area contributed by atoms with E-state index in [2.05, 4.69) is 5.32 Å². The Morgan fingerprint density at radius 1 is 1.20 bits per heavy atom. The third kappa shape index (κ3) is 5.43. The molecule has 0 aliphatic heterocycles. The minimum atomic E-state index is -0.889. The third-order valence-electron chi connectivity index (χ3n) is 3.57. The summed E-state index contributed by atoms with van der Waals surface area (Å²) in [5.74, 6) is -1.43. The molecule has 25 heavy (non-hydrogen) atoms. The summed E-state index contributed by atoms with van der Waals surface area (Å²) >= 11 is 0. The Labute approximate surface area is 145 Å². The Morgan fingerprint density at radius 2 is 1.92 bits per heavy atom. The van der Waals surface area contributed by atoms with Crippen molar-refractivity contribution in [3.8, 4) is 6.07 Å². The Hall–Kier alpha value is -3.20. The maximum Gasteiger partial charge on any atom is 0.328 e. The molecule has 0 fully saturated rings. The predicted molar refractivity (Wildman–Crippen MR) is 88.9 cm³/mol.